The number of anilines is 1. The number of carboxylic acids is 1. The number of carboxylic acid groups (broad SMARTS) is 1. The SMILES string of the molecule is CCC1CN2CC[C@@]3(C(=O)Nc4ccccc43)C2CC1C(=COC)C(=O)O. The van der Waals surface area contributed by atoms with Crippen molar-refractivity contribution in [3.05, 3.63) is 41.7 Å². The Balaban J connectivity index is 1.75. The van der Waals surface area contributed by atoms with Gasteiger partial charge in [0.1, 0.15) is 0 Å². The quantitative estimate of drug-likeness (QED) is 0.629. The fourth-order valence-corrected chi connectivity index (χ4v) is 5.52. The number of hydrogen-bond donors (Lipinski definition) is 2. The van der Waals surface area contributed by atoms with E-state index in [9.17, 15) is 14.7 Å². The molecule has 3 unspecified atom stereocenters. The molecule has 27 heavy (non-hydrogen) atoms. The second-order valence-electron chi connectivity index (χ2n) is 7.86. The number of hydrogen-bond acceptors (Lipinski definition) is 4. The molecule has 6 heteroatoms. The molecule has 1 aromatic carbocycles. The van der Waals surface area contributed by atoms with Gasteiger partial charge in [0.2, 0.25) is 5.91 Å². The highest BCUT2D eigenvalue weighted by Gasteiger charge is 2.60. The lowest BCUT2D eigenvalue weighted by Crippen LogP contribution is -2.53. The first kappa shape index (κ1) is 18.0. The molecule has 0 saturated carbocycles. The number of piperidine rings is 1. The summed E-state index contributed by atoms with van der Waals surface area (Å²) in [7, 11) is 1.48. The van der Waals surface area contributed by atoms with Crippen molar-refractivity contribution in [2.75, 3.05) is 25.5 Å². The Bertz CT molecular complexity index is 805. The van der Waals surface area contributed by atoms with Crippen molar-refractivity contribution in [1.29, 1.82) is 0 Å². The van der Waals surface area contributed by atoms with Gasteiger partial charge < -0.3 is 15.2 Å². The van der Waals surface area contributed by atoms with Gasteiger partial charge in [-0.15, -0.1) is 0 Å². The van der Waals surface area contributed by atoms with Crippen molar-refractivity contribution in [2.45, 2.75) is 37.6 Å². The Morgan fingerprint density at radius 3 is 2.93 bits per heavy atom. The lowest BCUT2D eigenvalue weighted by atomic mass is 9.67. The average molecular weight is 370 g/mol. The zero-order chi connectivity index (χ0) is 19.2. The number of amides is 1. The molecular formula is C21H26N2O4. The second-order valence-corrected chi connectivity index (χ2v) is 7.86. The number of ether oxygens (including phenoxy) is 1. The van der Waals surface area contributed by atoms with E-state index < -0.39 is 11.4 Å². The van der Waals surface area contributed by atoms with Crippen LogP contribution in [-0.2, 0) is 19.7 Å². The minimum absolute atomic E-state index is 0.00792. The number of carbonyl (C=O) groups excluding carboxylic acids is 1. The van der Waals surface area contributed by atoms with Crippen LogP contribution in [0.4, 0.5) is 5.69 Å². The summed E-state index contributed by atoms with van der Waals surface area (Å²) < 4.78 is 5.08. The Morgan fingerprint density at radius 2 is 2.22 bits per heavy atom. The van der Waals surface area contributed by atoms with Crippen molar-refractivity contribution in [3.8, 4) is 0 Å². The van der Waals surface area contributed by atoms with E-state index in [2.05, 4.69) is 17.1 Å². The van der Waals surface area contributed by atoms with Crippen LogP contribution in [0.25, 0.3) is 0 Å². The summed E-state index contributed by atoms with van der Waals surface area (Å²) in [5.41, 5.74) is 1.69. The molecule has 2 N–H and O–H groups in total. The first-order valence-corrected chi connectivity index (χ1v) is 9.64. The fourth-order valence-electron chi connectivity index (χ4n) is 5.52. The zero-order valence-corrected chi connectivity index (χ0v) is 15.8. The van der Waals surface area contributed by atoms with Gasteiger partial charge in [-0.3, -0.25) is 9.69 Å². The molecule has 1 spiro atoms. The highest BCUT2D eigenvalue weighted by Crippen LogP contribution is 2.53. The summed E-state index contributed by atoms with van der Waals surface area (Å²) in [4.78, 5) is 27.4. The number of carbonyl (C=O) groups is 2. The highest BCUT2D eigenvalue weighted by atomic mass is 16.5. The Labute approximate surface area is 159 Å². The Hall–Kier alpha value is -2.34. The number of aliphatic carboxylic acids is 1. The molecule has 4 atom stereocenters. The maximum atomic E-state index is 13.1. The lowest BCUT2D eigenvalue weighted by Gasteiger charge is -2.44. The molecule has 3 aliphatic rings. The maximum absolute atomic E-state index is 13.1. The highest BCUT2D eigenvalue weighted by molar-refractivity contribution is 6.07. The molecule has 1 amide bonds. The second kappa shape index (κ2) is 6.68. The molecule has 6 nitrogen and oxygen atoms in total. The summed E-state index contributed by atoms with van der Waals surface area (Å²) in [5.74, 6) is -0.757. The van der Waals surface area contributed by atoms with E-state index in [4.69, 9.17) is 4.74 Å². The van der Waals surface area contributed by atoms with Gasteiger partial charge >= 0.3 is 5.97 Å². The first-order chi connectivity index (χ1) is 13.0. The molecule has 4 rings (SSSR count). The predicted octanol–water partition coefficient (Wildman–Crippen LogP) is 2.61. The normalized spacial score (nSPS) is 32.9. The van der Waals surface area contributed by atoms with Crippen molar-refractivity contribution in [1.82, 2.24) is 4.90 Å². The maximum Gasteiger partial charge on any atom is 0.334 e. The molecule has 1 aromatic rings. The van der Waals surface area contributed by atoms with Crippen molar-refractivity contribution in [3.63, 3.8) is 0 Å². The fraction of sp³-hybridized carbons (Fsp3) is 0.524. The van der Waals surface area contributed by atoms with Crippen molar-refractivity contribution in [2.24, 2.45) is 11.8 Å². The number of nitrogens with zero attached hydrogens (tertiary/aromatic N) is 1. The van der Waals surface area contributed by atoms with Gasteiger partial charge in [-0.1, -0.05) is 31.5 Å². The van der Waals surface area contributed by atoms with Crippen LogP contribution in [0.3, 0.4) is 0 Å². The zero-order valence-electron chi connectivity index (χ0n) is 15.8. The van der Waals surface area contributed by atoms with E-state index in [1.54, 1.807) is 0 Å². The van der Waals surface area contributed by atoms with Crippen molar-refractivity contribution >= 4 is 17.6 Å². The first-order valence-electron chi connectivity index (χ1n) is 9.64. The number of para-hydroxylation sites is 1. The Kier molecular flexibility index (Phi) is 4.46. The van der Waals surface area contributed by atoms with Crippen LogP contribution in [0, 0.1) is 11.8 Å². The molecule has 2 saturated heterocycles. The largest absolute Gasteiger partial charge is 0.504 e. The van der Waals surface area contributed by atoms with Gasteiger partial charge in [-0.25, -0.2) is 4.79 Å². The number of fused-ring (bicyclic) bond motifs is 4. The summed E-state index contributed by atoms with van der Waals surface area (Å²) in [5, 5.41) is 12.8. The van der Waals surface area contributed by atoms with Crippen LogP contribution in [0.2, 0.25) is 0 Å². The summed E-state index contributed by atoms with van der Waals surface area (Å²) >= 11 is 0. The van der Waals surface area contributed by atoms with Crippen LogP contribution in [0.1, 0.15) is 31.7 Å². The number of nitrogens with one attached hydrogen (secondary N) is 1. The van der Waals surface area contributed by atoms with E-state index >= 15 is 0 Å². The molecule has 0 radical (unpaired) electrons. The van der Waals surface area contributed by atoms with Gasteiger partial charge in [-0.05, 0) is 42.9 Å². The molecule has 3 aliphatic heterocycles. The smallest absolute Gasteiger partial charge is 0.334 e. The number of methoxy groups -OCH3 is 1. The molecule has 3 heterocycles. The van der Waals surface area contributed by atoms with Gasteiger partial charge in [0.15, 0.2) is 0 Å². The van der Waals surface area contributed by atoms with E-state index in [1.807, 2.05) is 24.3 Å². The predicted molar refractivity (Wildman–Crippen MR) is 101 cm³/mol. The summed E-state index contributed by atoms with van der Waals surface area (Å²) in [6.07, 6.45) is 3.70. The standard InChI is InChI=1S/C21H26N2O4/c1-3-13-11-23-9-8-21(16-6-4-5-7-17(16)22-20(21)26)18(23)10-14(13)15(12-27-2)19(24)25/h4-7,12-14,18H,3,8-11H2,1-2H3,(H,22,26)(H,24,25)/t13?,14?,18?,21-/m0/s1. The molecule has 0 aliphatic carbocycles. The van der Waals surface area contributed by atoms with Crippen LogP contribution in [0.15, 0.2) is 36.1 Å². The van der Waals surface area contributed by atoms with E-state index in [0.717, 1.165) is 37.2 Å². The number of benzene rings is 1. The van der Waals surface area contributed by atoms with Gasteiger partial charge in [0, 0.05) is 18.3 Å². The minimum Gasteiger partial charge on any atom is -0.504 e. The Morgan fingerprint density at radius 1 is 1.44 bits per heavy atom. The minimum atomic E-state index is -0.933. The summed E-state index contributed by atoms with van der Waals surface area (Å²) in [6.45, 7) is 3.79. The van der Waals surface area contributed by atoms with E-state index in [1.165, 1.54) is 13.4 Å². The molecule has 0 aromatic heterocycles. The van der Waals surface area contributed by atoms with Gasteiger partial charge in [-0.2, -0.15) is 0 Å². The third-order valence-corrected chi connectivity index (χ3v) is 6.79. The monoisotopic (exact) mass is 370 g/mol. The summed E-state index contributed by atoms with van der Waals surface area (Å²) in [6, 6.07) is 7.92. The topological polar surface area (TPSA) is 78.9 Å². The van der Waals surface area contributed by atoms with Crippen LogP contribution in [0.5, 0.6) is 0 Å². The van der Waals surface area contributed by atoms with E-state index in [-0.39, 0.29) is 23.8 Å². The lowest BCUT2D eigenvalue weighted by molar-refractivity contribution is -0.134. The third kappa shape index (κ3) is 2.57. The van der Waals surface area contributed by atoms with Crippen LogP contribution >= 0.6 is 0 Å². The van der Waals surface area contributed by atoms with Crippen LogP contribution in [-0.4, -0.2) is 48.1 Å². The molecular weight excluding hydrogens is 344 g/mol. The average Bonchev–Trinajstić information content (AvgIpc) is 3.18. The van der Waals surface area contributed by atoms with E-state index in [0.29, 0.717) is 12.0 Å². The molecule has 2 fully saturated rings. The van der Waals surface area contributed by atoms with Gasteiger partial charge in [0.05, 0.1) is 24.4 Å². The number of rotatable bonds is 4. The molecule has 0 bridgehead atoms. The molecule has 144 valence electrons. The third-order valence-electron chi connectivity index (χ3n) is 6.79. The van der Waals surface area contributed by atoms with Gasteiger partial charge in [0.25, 0.3) is 0 Å². The van der Waals surface area contributed by atoms with Crippen LogP contribution < -0.4 is 5.32 Å². The van der Waals surface area contributed by atoms with Crippen molar-refractivity contribution < 1.29 is 19.4 Å².